The topological polar surface area (TPSA) is 83.6 Å². The quantitative estimate of drug-likeness (QED) is 0.633. The third kappa shape index (κ3) is 4.56. The summed E-state index contributed by atoms with van der Waals surface area (Å²) in [5.74, 6) is 0. The molecule has 0 amide bonds. The first-order chi connectivity index (χ1) is 12.8. The van der Waals surface area contributed by atoms with Gasteiger partial charge in [-0.05, 0) is 41.3 Å². The lowest BCUT2D eigenvalue weighted by atomic mass is 10.2. The molecule has 0 radical (unpaired) electrons. The maximum atomic E-state index is 12.7. The molecule has 6 nitrogen and oxygen atoms in total. The molecule has 0 saturated carbocycles. The molecule has 0 fully saturated rings. The molecular formula is C18H18N2O4S3. The van der Waals surface area contributed by atoms with E-state index >= 15 is 0 Å². The van der Waals surface area contributed by atoms with E-state index in [4.69, 9.17) is 0 Å². The van der Waals surface area contributed by atoms with Crippen LogP contribution in [0.4, 0.5) is 5.69 Å². The number of hydrogen-bond acceptors (Lipinski definition) is 5. The molecule has 0 aliphatic rings. The summed E-state index contributed by atoms with van der Waals surface area (Å²) in [6.07, 6.45) is 0. The molecule has 0 atom stereocenters. The summed E-state index contributed by atoms with van der Waals surface area (Å²) in [6.45, 7) is 0.246. The van der Waals surface area contributed by atoms with Crippen molar-refractivity contribution in [2.45, 2.75) is 15.6 Å². The smallest absolute Gasteiger partial charge is 0.271 e. The van der Waals surface area contributed by atoms with E-state index in [2.05, 4.69) is 4.72 Å². The third-order valence-corrected chi connectivity index (χ3v) is 8.42. The van der Waals surface area contributed by atoms with Crippen LogP contribution in [0.5, 0.6) is 0 Å². The standard InChI is InChI=1S/C18H18N2O4S3/c1-20(14-15-6-3-2-4-7-15)27(23,24)17-11-9-16(10-12-17)19-26(21,22)18-8-5-13-25-18/h2-13,19H,14H2,1H3. The Morgan fingerprint density at radius 1 is 0.889 bits per heavy atom. The highest BCUT2D eigenvalue weighted by molar-refractivity contribution is 7.94. The van der Waals surface area contributed by atoms with E-state index < -0.39 is 20.0 Å². The van der Waals surface area contributed by atoms with Crippen molar-refractivity contribution >= 4 is 37.1 Å². The number of nitrogens with one attached hydrogen (secondary N) is 1. The summed E-state index contributed by atoms with van der Waals surface area (Å²) in [5, 5.41) is 1.67. The fourth-order valence-corrected chi connectivity index (χ4v) is 5.63. The number of hydrogen-bond donors (Lipinski definition) is 1. The Bertz CT molecular complexity index is 1090. The van der Waals surface area contributed by atoms with Crippen LogP contribution in [-0.4, -0.2) is 28.2 Å². The molecule has 1 heterocycles. The summed E-state index contributed by atoms with van der Waals surface area (Å²) in [7, 11) is -5.84. The molecular weight excluding hydrogens is 404 g/mol. The predicted molar refractivity (Wildman–Crippen MR) is 107 cm³/mol. The maximum absolute atomic E-state index is 12.7. The van der Waals surface area contributed by atoms with Gasteiger partial charge in [-0.25, -0.2) is 16.8 Å². The zero-order chi connectivity index (χ0) is 19.5. The van der Waals surface area contributed by atoms with Crippen molar-refractivity contribution in [1.82, 2.24) is 4.31 Å². The zero-order valence-electron chi connectivity index (χ0n) is 14.4. The SMILES string of the molecule is CN(Cc1ccccc1)S(=O)(=O)c1ccc(NS(=O)(=O)c2cccs2)cc1. The summed E-state index contributed by atoms with van der Waals surface area (Å²) in [5.41, 5.74) is 1.18. The van der Waals surface area contributed by atoms with E-state index in [1.54, 1.807) is 11.4 Å². The van der Waals surface area contributed by atoms with Gasteiger partial charge < -0.3 is 0 Å². The third-order valence-electron chi connectivity index (χ3n) is 3.82. The van der Waals surface area contributed by atoms with Gasteiger partial charge in [-0.3, -0.25) is 4.72 Å². The van der Waals surface area contributed by atoms with Crippen LogP contribution in [0.1, 0.15) is 5.56 Å². The number of benzene rings is 2. The van der Waals surface area contributed by atoms with Crippen LogP contribution < -0.4 is 4.72 Å². The molecule has 27 heavy (non-hydrogen) atoms. The maximum Gasteiger partial charge on any atom is 0.271 e. The highest BCUT2D eigenvalue weighted by Crippen LogP contribution is 2.23. The van der Waals surface area contributed by atoms with E-state index in [0.717, 1.165) is 16.9 Å². The Labute approximate surface area is 163 Å². The summed E-state index contributed by atoms with van der Waals surface area (Å²) in [6, 6.07) is 18.1. The van der Waals surface area contributed by atoms with Gasteiger partial charge in [0.05, 0.1) is 4.90 Å². The molecule has 1 aromatic heterocycles. The van der Waals surface area contributed by atoms with E-state index in [-0.39, 0.29) is 15.6 Å². The summed E-state index contributed by atoms with van der Waals surface area (Å²) < 4.78 is 53.8. The Hall–Kier alpha value is -2.20. The minimum atomic E-state index is -3.68. The van der Waals surface area contributed by atoms with Gasteiger partial charge in [0.2, 0.25) is 10.0 Å². The minimum absolute atomic E-state index is 0.0972. The van der Waals surface area contributed by atoms with Crippen molar-refractivity contribution < 1.29 is 16.8 Å². The first-order valence-electron chi connectivity index (χ1n) is 7.96. The Balaban J connectivity index is 1.76. The largest absolute Gasteiger partial charge is 0.279 e. The highest BCUT2D eigenvalue weighted by atomic mass is 32.2. The first kappa shape index (κ1) is 19.6. The summed E-state index contributed by atoms with van der Waals surface area (Å²) in [4.78, 5) is 0.0972. The van der Waals surface area contributed by atoms with Crippen LogP contribution in [0.2, 0.25) is 0 Å². The minimum Gasteiger partial charge on any atom is -0.279 e. The first-order valence-corrected chi connectivity index (χ1v) is 11.8. The van der Waals surface area contributed by atoms with Crippen LogP contribution in [0, 0.1) is 0 Å². The van der Waals surface area contributed by atoms with Crippen molar-refractivity contribution in [3.63, 3.8) is 0 Å². The van der Waals surface area contributed by atoms with Gasteiger partial charge in [-0.1, -0.05) is 36.4 Å². The molecule has 142 valence electrons. The molecule has 0 saturated heterocycles. The van der Waals surface area contributed by atoms with E-state index in [9.17, 15) is 16.8 Å². The normalized spacial score (nSPS) is 12.2. The van der Waals surface area contributed by atoms with E-state index in [1.807, 2.05) is 30.3 Å². The van der Waals surface area contributed by atoms with Gasteiger partial charge in [0.15, 0.2) is 0 Å². The fourth-order valence-electron chi connectivity index (χ4n) is 2.42. The molecule has 1 N–H and O–H groups in total. The van der Waals surface area contributed by atoms with Crippen molar-refractivity contribution in [2.75, 3.05) is 11.8 Å². The van der Waals surface area contributed by atoms with Gasteiger partial charge in [0, 0.05) is 19.3 Å². The Morgan fingerprint density at radius 3 is 2.15 bits per heavy atom. The fraction of sp³-hybridized carbons (Fsp3) is 0.111. The Kier molecular flexibility index (Phi) is 5.66. The number of sulfonamides is 2. The van der Waals surface area contributed by atoms with Gasteiger partial charge >= 0.3 is 0 Å². The summed E-state index contributed by atoms with van der Waals surface area (Å²) >= 11 is 1.11. The van der Waals surface area contributed by atoms with Gasteiger partial charge in [0.1, 0.15) is 4.21 Å². The van der Waals surface area contributed by atoms with Crippen molar-refractivity contribution in [1.29, 1.82) is 0 Å². The second-order valence-corrected chi connectivity index (χ2v) is 10.7. The predicted octanol–water partition coefficient (Wildman–Crippen LogP) is 3.37. The van der Waals surface area contributed by atoms with Crippen LogP contribution in [0.3, 0.4) is 0 Å². The van der Waals surface area contributed by atoms with E-state index in [0.29, 0.717) is 5.69 Å². The molecule has 0 aliphatic heterocycles. The van der Waals surface area contributed by atoms with Crippen LogP contribution in [0.25, 0.3) is 0 Å². The molecule has 0 aliphatic carbocycles. The second-order valence-electron chi connectivity index (χ2n) is 5.81. The van der Waals surface area contributed by atoms with Crippen molar-refractivity contribution in [3.8, 4) is 0 Å². The van der Waals surface area contributed by atoms with Crippen LogP contribution >= 0.6 is 11.3 Å². The molecule has 0 unspecified atom stereocenters. The molecule has 9 heteroatoms. The van der Waals surface area contributed by atoms with Crippen molar-refractivity contribution in [2.24, 2.45) is 0 Å². The lowest BCUT2D eigenvalue weighted by molar-refractivity contribution is 0.467. The van der Waals surface area contributed by atoms with Gasteiger partial charge in [0.25, 0.3) is 10.0 Å². The molecule has 0 bridgehead atoms. The van der Waals surface area contributed by atoms with Gasteiger partial charge in [-0.2, -0.15) is 4.31 Å². The lowest BCUT2D eigenvalue weighted by Crippen LogP contribution is -2.26. The van der Waals surface area contributed by atoms with Gasteiger partial charge in [-0.15, -0.1) is 11.3 Å². The molecule has 3 aromatic rings. The lowest BCUT2D eigenvalue weighted by Gasteiger charge is -2.17. The zero-order valence-corrected chi connectivity index (χ0v) is 16.9. The average molecular weight is 423 g/mol. The number of nitrogens with zero attached hydrogens (tertiary/aromatic N) is 1. The second kappa shape index (κ2) is 7.81. The number of rotatable bonds is 7. The monoisotopic (exact) mass is 422 g/mol. The highest BCUT2D eigenvalue weighted by Gasteiger charge is 2.21. The van der Waals surface area contributed by atoms with Crippen molar-refractivity contribution in [3.05, 3.63) is 77.7 Å². The van der Waals surface area contributed by atoms with E-state index in [1.165, 1.54) is 41.7 Å². The number of anilines is 1. The molecule has 3 rings (SSSR count). The molecule has 0 spiro atoms. The number of thiophene rings is 1. The molecule has 2 aromatic carbocycles. The Morgan fingerprint density at radius 2 is 1.56 bits per heavy atom. The van der Waals surface area contributed by atoms with Crippen LogP contribution in [0.15, 0.2) is 81.2 Å². The van der Waals surface area contributed by atoms with Crippen LogP contribution in [-0.2, 0) is 26.6 Å². The average Bonchev–Trinajstić information content (AvgIpc) is 3.18.